The summed E-state index contributed by atoms with van der Waals surface area (Å²) in [6, 6.07) is 6.33. The Morgan fingerprint density at radius 1 is 1.31 bits per heavy atom. The van der Waals surface area contributed by atoms with Crippen molar-refractivity contribution in [3.63, 3.8) is 0 Å². The van der Waals surface area contributed by atoms with Gasteiger partial charge < -0.3 is 4.74 Å². The van der Waals surface area contributed by atoms with Crippen LogP contribution in [0.5, 0.6) is 5.75 Å². The van der Waals surface area contributed by atoms with Gasteiger partial charge >= 0.3 is 5.97 Å². The molecule has 3 heteroatoms. The third-order valence-corrected chi connectivity index (χ3v) is 1.47. The van der Waals surface area contributed by atoms with Crippen LogP contribution in [-0.4, -0.2) is 12.3 Å². The summed E-state index contributed by atoms with van der Waals surface area (Å²) in [5.41, 5.74) is 0.556. The summed E-state index contributed by atoms with van der Waals surface area (Å²) in [4.78, 5) is 21.1. The Balaban J connectivity index is 2.69. The Morgan fingerprint density at radius 3 is 2.38 bits per heavy atom. The number of benzene rings is 1. The van der Waals surface area contributed by atoms with E-state index in [0.29, 0.717) is 11.3 Å². The number of hydrogen-bond donors (Lipinski definition) is 0. The fraction of sp³-hybridized carbons (Fsp3) is 0.100. The topological polar surface area (TPSA) is 43.4 Å². The normalized spacial score (nSPS) is 9.31. The van der Waals surface area contributed by atoms with Crippen LogP contribution in [0.3, 0.4) is 0 Å². The Bertz CT molecular complexity index is 300. The minimum Gasteiger partial charge on any atom is -0.426 e. The maximum atomic E-state index is 10.8. The van der Waals surface area contributed by atoms with Crippen molar-refractivity contribution in [2.45, 2.75) is 6.92 Å². The molecule has 0 N–H and O–H groups in total. The predicted octanol–water partition coefficient (Wildman–Crippen LogP) is 1.63. The molecule has 0 heterocycles. The number of ether oxygens (including phenoxy) is 1. The summed E-state index contributed by atoms with van der Waals surface area (Å²) in [5, 5.41) is 0. The van der Waals surface area contributed by atoms with Crippen molar-refractivity contribution in [2.24, 2.45) is 0 Å². The van der Waals surface area contributed by atoms with Crippen LogP contribution in [0.1, 0.15) is 17.3 Å². The van der Waals surface area contributed by atoms with Gasteiger partial charge in [0.2, 0.25) is 0 Å². The van der Waals surface area contributed by atoms with E-state index in [0.717, 1.165) is 6.29 Å². The molecule has 0 aromatic heterocycles. The van der Waals surface area contributed by atoms with E-state index < -0.39 is 5.97 Å². The zero-order chi connectivity index (χ0) is 9.68. The molecule has 0 aliphatic carbocycles. The van der Waals surface area contributed by atoms with Gasteiger partial charge in [0.15, 0.2) is 0 Å². The maximum Gasteiger partial charge on any atom is 0.314 e. The lowest BCUT2D eigenvalue weighted by molar-refractivity contribution is -0.130. The highest BCUT2D eigenvalue weighted by Gasteiger charge is 2.00. The van der Waals surface area contributed by atoms with Crippen LogP contribution in [0.4, 0.5) is 0 Å². The van der Waals surface area contributed by atoms with Crippen molar-refractivity contribution in [1.82, 2.24) is 0 Å². The van der Waals surface area contributed by atoms with Crippen LogP contribution in [0.2, 0.25) is 0 Å². The van der Waals surface area contributed by atoms with E-state index in [9.17, 15) is 9.59 Å². The second kappa shape index (κ2) is 4.40. The molecule has 0 spiro atoms. The Kier molecular flexibility index (Phi) is 3.20. The minimum absolute atomic E-state index is 0.404. The third-order valence-electron chi connectivity index (χ3n) is 1.47. The lowest BCUT2D eigenvalue weighted by Gasteiger charge is -2.01. The first-order valence-electron chi connectivity index (χ1n) is 3.82. The molecule has 0 bridgehead atoms. The lowest BCUT2D eigenvalue weighted by Crippen LogP contribution is -2.05. The lowest BCUT2D eigenvalue weighted by atomic mass is 10.2. The highest BCUT2D eigenvalue weighted by molar-refractivity contribution is 5.81. The van der Waals surface area contributed by atoms with Gasteiger partial charge in [0, 0.05) is 5.56 Å². The molecule has 1 aromatic carbocycles. The van der Waals surface area contributed by atoms with Crippen LogP contribution >= 0.6 is 0 Å². The monoisotopic (exact) mass is 177 g/mol. The standard InChI is InChI=1S/C10H9O3/c1-2-10(12)13-9-5-3-8(7-11)4-6-9/h2-7H,1H3. The van der Waals surface area contributed by atoms with Gasteiger partial charge in [-0.15, -0.1) is 0 Å². The molecule has 0 saturated heterocycles. The van der Waals surface area contributed by atoms with Crippen LogP contribution < -0.4 is 4.74 Å². The summed E-state index contributed by atoms with van der Waals surface area (Å²) >= 11 is 0. The molecule has 0 atom stereocenters. The van der Waals surface area contributed by atoms with Gasteiger partial charge in [0.25, 0.3) is 0 Å². The van der Waals surface area contributed by atoms with E-state index >= 15 is 0 Å². The van der Waals surface area contributed by atoms with E-state index in [1.165, 1.54) is 6.42 Å². The van der Waals surface area contributed by atoms with Crippen molar-refractivity contribution in [1.29, 1.82) is 0 Å². The van der Waals surface area contributed by atoms with Gasteiger partial charge in [-0.1, -0.05) is 6.92 Å². The average Bonchev–Trinajstić information content (AvgIpc) is 2.19. The molecule has 13 heavy (non-hydrogen) atoms. The molecule has 0 amide bonds. The van der Waals surface area contributed by atoms with E-state index in [4.69, 9.17) is 4.74 Å². The number of aldehydes is 1. The zero-order valence-electron chi connectivity index (χ0n) is 7.19. The Hall–Kier alpha value is -1.64. The van der Waals surface area contributed by atoms with Crippen molar-refractivity contribution < 1.29 is 14.3 Å². The SMILES string of the molecule is C[CH]C(=O)Oc1ccc(C=O)cc1. The Morgan fingerprint density at radius 2 is 1.92 bits per heavy atom. The molecule has 0 aliphatic heterocycles. The molecule has 1 aromatic rings. The summed E-state index contributed by atoms with van der Waals surface area (Å²) in [6.07, 6.45) is 2.06. The molecule has 3 nitrogen and oxygen atoms in total. The number of esters is 1. The van der Waals surface area contributed by atoms with Crippen molar-refractivity contribution in [3.05, 3.63) is 36.2 Å². The van der Waals surface area contributed by atoms with Crippen LogP contribution in [0.25, 0.3) is 0 Å². The van der Waals surface area contributed by atoms with Crippen LogP contribution in [-0.2, 0) is 4.79 Å². The zero-order valence-corrected chi connectivity index (χ0v) is 7.19. The van der Waals surface area contributed by atoms with E-state index in [2.05, 4.69) is 0 Å². The number of hydrogen-bond acceptors (Lipinski definition) is 3. The highest BCUT2D eigenvalue weighted by Crippen LogP contribution is 2.11. The number of rotatable bonds is 3. The third kappa shape index (κ3) is 2.71. The first kappa shape index (κ1) is 9.45. The Labute approximate surface area is 76.3 Å². The van der Waals surface area contributed by atoms with Crippen molar-refractivity contribution in [3.8, 4) is 5.75 Å². The first-order valence-corrected chi connectivity index (χ1v) is 3.82. The van der Waals surface area contributed by atoms with E-state index in [-0.39, 0.29) is 0 Å². The van der Waals surface area contributed by atoms with Gasteiger partial charge in [-0.2, -0.15) is 0 Å². The second-order valence-corrected chi connectivity index (χ2v) is 2.40. The van der Waals surface area contributed by atoms with Gasteiger partial charge in [-0.3, -0.25) is 9.59 Å². The molecule has 1 radical (unpaired) electrons. The molecule has 1 rings (SSSR count). The largest absolute Gasteiger partial charge is 0.426 e. The van der Waals surface area contributed by atoms with Gasteiger partial charge in [0.1, 0.15) is 12.0 Å². The molecule has 67 valence electrons. The fourth-order valence-electron chi connectivity index (χ4n) is 0.790. The van der Waals surface area contributed by atoms with Crippen molar-refractivity contribution >= 4 is 12.3 Å². The minimum atomic E-state index is -0.404. The summed E-state index contributed by atoms with van der Waals surface area (Å²) in [6.45, 7) is 1.60. The van der Waals surface area contributed by atoms with Gasteiger partial charge in [0.05, 0.1) is 6.42 Å². The quantitative estimate of drug-likeness (QED) is 0.400. The first-order chi connectivity index (χ1) is 6.26. The fourth-order valence-corrected chi connectivity index (χ4v) is 0.790. The number of carbonyl (C=O) groups excluding carboxylic acids is 2. The van der Waals surface area contributed by atoms with Crippen molar-refractivity contribution in [2.75, 3.05) is 0 Å². The highest BCUT2D eigenvalue weighted by atomic mass is 16.5. The number of carbonyl (C=O) groups is 2. The smallest absolute Gasteiger partial charge is 0.314 e. The van der Waals surface area contributed by atoms with Crippen LogP contribution in [0.15, 0.2) is 24.3 Å². The van der Waals surface area contributed by atoms with Crippen LogP contribution in [0, 0.1) is 6.42 Å². The second-order valence-electron chi connectivity index (χ2n) is 2.40. The molecule has 0 saturated carbocycles. The van der Waals surface area contributed by atoms with Gasteiger partial charge in [-0.05, 0) is 24.3 Å². The molecular weight excluding hydrogens is 168 g/mol. The molecule has 0 unspecified atom stereocenters. The molecule has 0 aliphatic rings. The molecular formula is C10H9O3. The van der Waals surface area contributed by atoms with Gasteiger partial charge in [-0.25, -0.2) is 0 Å². The van der Waals surface area contributed by atoms with E-state index in [1.807, 2.05) is 0 Å². The maximum absolute atomic E-state index is 10.8. The predicted molar refractivity (Wildman–Crippen MR) is 47.4 cm³/mol. The molecule has 0 fully saturated rings. The van der Waals surface area contributed by atoms with E-state index in [1.54, 1.807) is 31.2 Å². The summed E-state index contributed by atoms with van der Waals surface area (Å²) < 4.78 is 4.85. The average molecular weight is 177 g/mol. The summed E-state index contributed by atoms with van der Waals surface area (Å²) in [5.74, 6) is 0.0348. The summed E-state index contributed by atoms with van der Waals surface area (Å²) in [7, 11) is 0.